The summed E-state index contributed by atoms with van der Waals surface area (Å²) in [5.74, 6) is 0. The molecule has 0 spiro atoms. The summed E-state index contributed by atoms with van der Waals surface area (Å²) in [7, 11) is 0. The van der Waals surface area contributed by atoms with E-state index in [9.17, 15) is 0 Å². The van der Waals surface area contributed by atoms with Crippen molar-refractivity contribution in [2.45, 2.75) is 45.4 Å². The second-order valence-corrected chi connectivity index (χ2v) is 5.65. The molecule has 1 atom stereocenters. The van der Waals surface area contributed by atoms with Crippen LogP contribution in [-0.2, 0) is 0 Å². The molecular formula is C11H22ClN. The summed E-state index contributed by atoms with van der Waals surface area (Å²) in [5, 5.41) is 0.386. The molecule has 1 aliphatic rings. The number of nitrogens with zero attached hydrogens (tertiary/aromatic N) is 1. The average Bonchev–Trinajstić information content (AvgIpc) is 2.09. The predicted molar refractivity (Wildman–Crippen MR) is 59.4 cm³/mol. The number of hydrogen-bond acceptors (Lipinski definition) is 1. The van der Waals surface area contributed by atoms with Gasteiger partial charge in [-0.1, -0.05) is 20.8 Å². The van der Waals surface area contributed by atoms with Gasteiger partial charge in [0.05, 0.1) is 0 Å². The van der Waals surface area contributed by atoms with Gasteiger partial charge in [0.15, 0.2) is 0 Å². The van der Waals surface area contributed by atoms with Crippen molar-refractivity contribution in [3.63, 3.8) is 0 Å². The van der Waals surface area contributed by atoms with E-state index in [4.69, 9.17) is 11.6 Å². The standard InChI is InChI=1S/C11H22ClN/c1-4-6-13-7-5-10(12)8-11(2,3)9-13/h10H,4-9H2,1-3H3. The van der Waals surface area contributed by atoms with Gasteiger partial charge in [0.25, 0.3) is 0 Å². The Morgan fingerprint density at radius 3 is 2.77 bits per heavy atom. The van der Waals surface area contributed by atoms with Gasteiger partial charge in [-0.3, -0.25) is 0 Å². The molecule has 1 saturated heterocycles. The lowest BCUT2D eigenvalue weighted by Crippen LogP contribution is -2.33. The van der Waals surface area contributed by atoms with Crippen molar-refractivity contribution in [3.8, 4) is 0 Å². The molecule has 0 aromatic heterocycles. The molecule has 2 heteroatoms. The maximum Gasteiger partial charge on any atom is 0.0353 e. The van der Waals surface area contributed by atoms with E-state index in [0.717, 1.165) is 12.8 Å². The SMILES string of the molecule is CCCN1CCC(Cl)CC(C)(C)C1. The lowest BCUT2D eigenvalue weighted by atomic mass is 9.88. The molecule has 1 nitrogen and oxygen atoms in total. The van der Waals surface area contributed by atoms with Crippen molar-refractivity contribution in [1.29, 1.82) is 0 Å². The van der Waals surface area contributed by atoms with Crippen LogP contribution in [0.3, 0.4) is 0 Å². The quantitative estimate of drug-likeness (QED) is 0.624. The van der Waals surface area contributed by atoms with Gasteiger partial charge in [-0.2, -0.15) is 0 Å². The van der Waals surface area contributed by atoms with Crippen LogP contribution in [0.1, 0.15) is 40.0 Å². The van der Waals surface area contributed by atoms with Gasteiger partial charge in [-0.05, 0) is 37.8 Å². The fraction of sp³-hybridized carbons (Fsp3) is 1.00. The van der Waals surface area contributed by atoms with Gasteiger partial charge in [0.2, 0.25) is 0 Å². The molecule has 13 heavy (non-hydrogen) atoms. The smallest absolute Gasteiger partial charge is 0.0353 e. The van der Waals surface area contributed by atoms with Gasteiger partial charge < -0.3 is 4.90 Å². The highest BCUT2D eigenvalue weighted by atomic mass is 35.5. The molecule has 1 unspecified atom stereocenters. The first-order chi connectivity index (χ1) is 6.03. The van der Waals surface area contributed by atoms with Crippen LogP contribution in [0.25, 0.3) is 0 Å². The third kappa shape index (κ3) is 3.86. The molecule has 0 bridgehead atoms. The second-order valence-electron chi connectivity index (χ2n) is 5.03. The van der Waals surface area contributed by atoms with E-state index in [2.05, 4.69) is 25.7 Å². The van der Waals surface area contributed by atoms with E-state index in [1.807, 2.05) is 0 Å². The molecule has 0 amide bonds. The Balaban J connectivity index is 2.52. The lowest BCUT2D eigenvalue weighted by Gasteiger charge is -2.29. The highest BCUT2D eigenvalue weighted by Gasteiger charge is 2.28. The Labute approximate surface area is 87.4 Å². The van der Waals surface area contributed by atoms with Crippen LogP contribution in [0.4, 0.5) is 0 Å². The van der Waals surface area contributed by atoms with Crippen LogP contribution in [0.15, 0.2) is 0 Å². The van der Waals surface area contributed by atoms with Crippen LogP contribution in [-0.4, -0.2) is 29.9 Å². The van der Waals surface area contributed by atoms with E-state index in [1.165, 1.54) is 26.1 Å². The summed E-state index contributed by atoms with van der Waals surface area (Å²) in [6, 6.07) is 0. The number of halogens is 1. The first-order valence-corrected chi connectivity index (χ1v) is 5.83. The molecule has 0 aromatic rings. The van der Waals surface area contributed by atoms with Gasteiger partial charge in [0, 0.05) is 11.9 Å². The monoisotopic (exact) mass is 203 g/mol. The van der Waals surface area contributed by atoms with Crippen LogP contribution in [0, 0.1) is 5.41 Å². The van der Waals surface area contributed by atoms with E-state index in [-0.39, 0.29) is 0 Å². The summed E-state index contributed by atoms with van der Waals surface area (Å²) >= 11 is 6.24. The molecule has 0 aromatic carbocycles. The molecule has 0 aliphatic carbocycles. The van der Waals surface area contributed by atoms with Crippen molar-refractivity contribution < 1.29 is 0 Å². The Morgan fingerprint density at radius 2 is 2.15 bits per heavy atom. The normalized spacial score (nSPS) is 30.0. The molecule has 1 rings (SSSR count). The van der Waals surface area contributed by atoms with Crippen LogP contribution in [0.2, 0.25) is 0 Å². The second kappa shape index (κ2) is 4.65. The van der Waals surface area contributed by atoms with E-state index in [1.54, 1.807) is 0 Å². The number of alkyl halides is 1. The molecule has 0 saturated carbocycles. The van der Waals surface area contributed by atoms with Crippen molar-refractivity contribution in [2.75, 3.05) is 19.6 Å². The van der Waals surface area contributed by atoms with Gasteiger partial charge in [-0.25, -0.2) is 0 Å². The summed E-state index contributed by atoms with van der Waals surface area (Å²) in [6.45, 7) is 10.5. The Hall–Kier alpha value is 0.250. The molecule has 78 valence electrons. The highest BCUT2D eigenvalue weighted by Crippen LogP contribution is 2.30. The average molecular weight is 204 g/mol. The summed E-state index contributed by atoms with van der Waals surface area (Å²) in [6.07, 6.45) is 3.57. The zero-order valence-electron chi connectivity index (χ0n) is 9.15. The Morgan fingerprint density at radius 1 is 1.46 bits per heavy atom. The minimum Gasteiger partial charge on any atom is -0.303 e. The maximum absolute atomic E-state index is 6.24. The van der Waals surface area contributed by atoms with Crippen molar-refractivity contribution in [1.82, 2.24) is 4.90 Å². The summed E-state index contributed by atoms with van der Waals surface area (Å²) < 4.78 is 0. The fourth-order valence-corrected chi connectivity index (χ4v) is 2.80. The molecule has 1 fully saturated rings. The van der Waals surface area contributed by atoms with Gasteiger partial charge in [-0.15, -0.1) is 11.6 Å². The molecule has 1 aliphatic heterocycles. The minimum atomic E-state index is 0.386. The third-order valence-corrected chi connectivity index (χ3v) is 3.10. The largest absolute Gasteiger partial charge is 0.303 e. The fourth-order valence-electron chi connectivity index (χ4n) is 2.28. The zero-order chi connectivity index (χ0) is 9.90. The number of rotatable bonds is 2. The highest BCUT2D eigenvalue weighted by molar-refractivity contribution is 6.20. The Kier molecular flexibility index (Phi) is 4.06. The molecule has 1 heterocycles. The van der Waals surface area contributed by atoms with Crippen molar-refractivity contribution in [3.05, 3.63) is 0 Å². The number of likely N-dealkylation sites (tertiary alicyclic amines) is 1. The van der Waals surface area contributed by atoms with E-state index >= 15 is 0 Å². The van der Waals surface area contributed by atoms with Crippen LogP contribution in [0.5, 0.6) is 0 Å². The third-order valence-electron chi connectivity index (χ3n) is 2.72. The first-order valence-electron chi connectivity index (χ1n) is 5.40. The van der Waals surface area contributed by atoms with Gasteiger partial charge in [0.1, 0.15) is 0 Å². The summed E-state index contributed by atoms with van der Waals surface area (Å²) in [5.41, 5.74) is 0.401. The topological polar surface area (TPSA) is 3.24 Å². The molecule has 0 N–H and O–H groups in total. The van der Waals surface area contributed by atoms with Crippen LogP contribution >= 0.6 is 11.6 Å². The number of hydrogen-bond donors (Lipinski definition) is 0. The zero-order valence-corrected chi connectivity index (χ0v) is 9.90. The van der Waals surface area contributed by atoms with E-state index < -0.39 is 0 Å². The van der Waals surface area contributed by atoms with Crippen molar-refractivity contribution in [2.24, 2.45) is 5.41 Å². The Bertz CT molecular complexity index is 156. The molecular weight excluding hydrogens is 182 g/mol. The summed E-state index contributed by atoms with van der Waals surface area (Å²) in [4.78, 5) is 2.56. The maximum atomic E-state index is 6.24. The predicted octanol–water partition coefficient (Wildman–Crippen LogP) is 3.13. The molecule has 0 radical (unpaired) electrons. The minimum absolute atomic E-state index is 0.386. The lowest BCUT2D eigenvalue weighted by molar-refractivity contribution is 0.196. The van der Waals surface area contributed by atoms with E-state index in [0.29, 0.717) is 10.8 Å². The van der Waals surface area contributed by atoms with Gasteiger partial charge >= 0.3 is 0 Å². The first kappa shape index (κ1) is 11.3. The van der Waals surface area contributed by atoms with Crippen molar-refractivity contribution >= 4 is 11.6 Å². The van der Waals surface area contributed by atoms with Crippen LogP contribution < -0.4 is 0 Å².